The Kier molecular flexibility index (Phi) is 4.61. The van der Waals surface area contributed by atoms with Crippen molar-refractivity contribution < 1.29 is 9.18 Å². The molecule has 1 amide bonds. The third-order valence-electron chi connectivity index (χ3n) is 3.51. The number of benzene rings is 1. The van der Waals surface area contributed by atoms with E-state index in [0.717, 1.165) is 18.4 Å². The largest absolute Gasteiger partial charge is 0.352 e. The summed E-state index contributed by atoms with van der Waals surface area (Å²) in [5.41, 5.74) is 0.729. The molecule has 0 aliphatic heterocycles. The molecule has 23 heavy (non-hydrogen) atoms. The van der Waals surface area contributed by atoms with Crippen LogP contribution in [0.1, 0.15) is 43.5 Å². The zero-order valence-corrected chi connectivity index (χ0v) is 13.8. The summed E-state index contributed by atoms with van der Waals surface area (Å²) in [7, 11) is 0. The van der Waals surface area contributed by atoms with Gasteiger partial charge >= 0.3 is 0 Å². The predicted octanol–water partition coefficient (Wildman–Crippen LogP) is 2.51. The summed E-state index contributed by atoms with van der Waals surface area (Å²) in [6.45, 7) is 3.94. The highest BCUT2D eigenvalue weighted by Gasteiger charge is 2.30. The van der Waals surface area contributed by atoms with Gasteiger partial charge in [-0.15, -0.1) is 5.10 Å². The number of amides is 1. The van der Waals surface area contributed by atoms with Gasteiger partial charge in [0.2, 0.25) is 11.1 Å². The number of hydrogen-bond donors (Lipinski definition) is 1. The number of hydrogen-bond acceptors (Lipinski definition) is 5. The van der Waals surface area contributed by atoms with Gasteiger partial charge in [-0.25, -0.2) is 9.07 Å². The lowest BCUT2D eigenvalue weighted by Gasteiger charge is -2.17. The SMILES string of the molecule is CC(C)n1nnnc1SC(C(=O)NC1CC1)c1ccc(F)cc1. The summed E-state index contributed by atoms with van der Waals surface area (Å²) in [6.07, 6.45) is 2.02. The van der Waals surface area contributed by atoms with Crippen molar-refractivity contribution in [2.24, 2.45) is 0 Å². The van der Waals surface area contributed by atoms with Crippen LogP contribution in [-0.4, -0.2) is 32.2 Å². The van der Waals surface area contributed by atoms with E-state index in [1.807, 2.05) is 13.8 Å². The second kappa shape index (κ2) is 6.66. The third kappa shape index (κ3) is 3.87. The van der Waals surface area contributed by atoms with Crippen molar-refractivity contribution in [2.75, 3.05) is 0 Å². The number of carbonyl (C=O) groups is 1. The average molecular weight is 335 g/mol. The molecule has 8 heteroatoms. The molecule has 0 spiro atoms. The van der Waals surface area contributed by atoms with Gasteiger partial charge in [-0.05, 0) is 54.8 Å². The molecule has 1 heterocycles. The minimum atomic E-state index is -0.514. The minimum Gasteiger partial charge on any atom is -0.352 e. The van der Waals surface area contributed by atoms with Gasteiger partial charge in [0.15, 0.2) is 0 Å². The first-order valence-electron chi connectivity index (χ1n) is 7.55. The van der Waals surface area contributed by atoms with Crippen molar-refractivity contribution in [3.8, 4) is 0 Å². The van der Waals surface area contributed by atoms with E-state index in [9.17, 15) is 9.18 Å². The van der Waals surface area contributed by atoms with Gasteiger partial charge in [-0.2, -0.15) is 0 Å². The maximum Gasteiger partial charge on any atom is 0.238 e. The molecule has 1 aromatic carbocycles. The third-order valence-corrected chi connectivity index (χ3v) is 4.71. The number of tetrazole rings is 1. The Labute approximate surface area is 137 Å². The summed E-state index contributed by atoms with van der Waals surface area (Å²) < 4.78 is 14.8. The molecule has 1 saturated carbocycles. The fraction of sp³-hybridized carbons (Fsp3) is 0.467. The smallest absolute Gasteiger partial charge is 0.238 e. The molecule has 3 rings (SSSR count). The normalized spacial score (nSPS) is 15.7. The molecule has 1 unspecified atom stereocenters. The van der Waals surface area contributed by atoms with Gasteiger partial charge in [0, 0.05) is 6.04 Å². The molecule has 1 N–H and O–H groups in total. The summed E-state index contributed by atoms with van der Waals surface area (Å²) in [5.74, 6) is -0.422. The van der Waals surface area contributed by atoms with Crippen LogP contribution >= 0.6 is 11.8 Å². The van der Waals surface area contributed by atoms with Crippen molar-refractivity contribution >= 4 is 17.7 Å². The van der Waals surface area contributed by atoms with Crippen LogP contribution in [0.25, 0.3) is 0 Å². The van der Waals surface area contributed by atoms with Crippen LogP contribution in [0.5, 0.6) is 0 Å². The highest BCUT2D eigenvalue weighted by molar-refractivity contribution is 8.00. The molecular weight excluding hydrogens is 317 g/mol. The summed E-state index contributed by atoms with van der Waals surface area (Å²) in [6, 6.07) is 6.32. The zero-order valence-electron chi connectivity index (χ0n) is 12.9. The first kappa shape index (κ1) is 15.9. The van der Waals surface area contributed by atoms with Gasteiger partial charge in [0.25, 0.3) is 0 Å². The number of nitrogens with zero attached hydrogens (tertiary/aromatic N) is 4. The zero-order chi connectivity index (χ0) is 16.4. The number of nitrogens with one attached hydrogen (secondary N) is 1. The molecule has 0 radical (unpaired) electrons. The lowest BCUT2D eigenvalue weighted by Crippen LogP contribution is -2.30. The molecule has 1 atom stereocenters. The topological polar surface area (TPSA) is 72.7 Å². The van der Waals surface area contributed by atoms with Gasteiger partial charge < -0.3 is 5.32 Å². The van der Waals surface area contributed by atoms with Gasteiger partial charge in [-0.3, -0.25) is 4.79 Å². The van der Waals surface area contributed by atoms with Crippen LogP contribution in [0.2, 0.25) is 0 Å². The predicted molar refractivity (Wildman–Crippen MR) is 84.4 cm³/mol. The van der Waals surface area contributed by atoms with Crippen molar-refractivity contribution in [3.05, 3.63) is 35.6 Å². The highest BCUT2D eigenvalue weighted by Crippen LogP contribution is 2.35. The number of rotatable bonds is 6. The number of aromatic nitrogens is 4. The lowest BCUT2D eigenvalue weighted by atomic mass is 10.1. The first-order chi connectivity index (χ1) is 11.0. The molecule has 6 nitrogen and oxygen atoms in total. The van der Waals surface area contributed by atoms with E-state index in [0.29, 0.717) is 5.16 Å². The Balaban J connectivity index is 1.86. The minimum absolute atomic E-state index is 0.0906. The molecule has 1 aliphatic rings. The molecular formula is C15H18FN5OS. The van der Waals surface area contributed by atoms with Gasteiger partial charge in [0.05, 0.1) is 6.04 Å². The van der Waals surface area contributed by atoms with E-state index in [1.54, 1.807) is 16.8 Å². The monoisotopic (exact) mass is 335 g/mol. The van der Waals surface area contributed by atoms with Crippen LogP contribution in [0.15, 0.2) is 29.4 Å². The van der Waals surface area contributed by atoms with E-state index >= 15 is 0 Å². The van der Waals surface area contributed by atoms with Gasteiger partial charge in [-0.1, -0.05) is 23.9 Å². The van der Waals surface area contributed by atoms with Crippen molar-refractivity contribution in [1.82, 2.24) is 25.5 Å². The second-order valence-corrected chi connectivity index (χ2v) is 6.90. The van der Waals surface area contributed by atoms with E-state index in [-0.39, 0.29) is 23.8 Å². The van der Waals surface area contributed by atoms with E-state index in [1.165, 1.54) is 23.9 Å². The molecule has 122 valence electrons. The molecule has 0 bridgehead atoms. The highest BCUT2D eigenvalue weighted by atomic mass is 32.2. The average Bonchev–Trinajstić information content (AvgIpc) is 3.20. The molecule has 1 aliphatic carbocycles. The summed E-state index contributed by atoms with van der Waals surface area (Å²) >= 11 is 1.28. The Morgan fingerprint density at radius 2 is 2.04 bits per heavy atom. The standard InChI is InChI=1S/C15H18FN5OS/c1-9(2)21-15(18-19-20-21)23-13(14(22)17-12-7-8-12)10-3-5-11(16)6-4-10/h3-6,9,12-13H,7-8H2,1-2H3,(H,17,22). The fourth-order valence-corrected chi connectivity index (χ4v) is 3.23. The van der Waals surface area contributed by atoms with Crippen LogP contribution in [0.4, 0.5) is 4.39 Å². The molecule has 1 fully saturated rings. The first-order valence-corrected chi connectivity index (χ1v) is 8.43. The van der Waals surface area contributed by atoms with E-state index in [4.69, 9.17) is 0 Å². The Hall–Kier alpha value is -1.96. The molecule has 0 saturated heterocycles. The number of carbonyl (C=O) groups excluding carboxylic acids is 1. The lowest BCUT2D eigenvalue weighted by molar-refractivity contribution is -0.120. The Bertz CT molecular complexity index is 683. The van der Waals surface area contributed by atoms with Crippen molar-refractivity contribution in [3.63, 3.8) is 0 Å². The van der Waals surface area contributed by atoms with E-state index in [2.05, 4.69) is 20.8 Å². The quantitative estimate of drug-likeness (QED) is 0.821. The summed E-state index contributed by atoms with van der Waals surface area (Å²) in [4.78, 5) is 12.6. The van der Waals surface area contributed by atoms with Gasteiger partial charge in [0.1, 0.15) is 11.1 Å². The number of halogens is 1. The van der Waals surface area contributed by atoms with Crippen molar-refractivity contribution in [2.45, 2.75) is 49.2 Å². The number of thioether (sulfide) groups is 1. The second-order valence-electron chi connectivity index (χ2n) is 5.83. The maximum atomic E-state index is 13.2. The molecule has 1 aromatic heterocycles. The Morgan fingerprint density at radius 1 is 1.35 bits per heavy atom. The van der Waals surface area contributed by atoms with Crippen LogP contribution in [0.3, 0.4) is 0 Å². The van der Waals surface area contributed by atoms with E-state index < -0.39 is 5.25 Å². The maximum absolute atomic E-state index is 13.2. The van der Waals surface area contributed by atoms with Crippen LogP contribution < -0.4 is 5.32 Å². The Morgan fingerprint density at radius 3 is 2.65 bits per heavy atom. The summed E-state index contributed by atoms with van der Waals surface area (Å²) in [5, 5.41) is 14.7. The fourth-order valence-electron chi connectivity index (χ4n) is 2.11. The van der Waals surface area contributed by atoms with Crippen LogP contribution in [0, 0.1) is 5.82 Å². The molecule has 2 aromatic rings. The van der Waals surface area contributed by atoms with Crippen LogP contribution in [-0.2, 0) is 4.79 Å². The van der Waals surface area contributed by atoms with Crippen molar-refractivity contribution in [1.29, 1.82) is 0 Å².